The van der Waals surface area contributed by atoms with Crippen molar-refractivity contribution in [3.8, 4) is 23.0 Å². The normalized spacial score (nSPS) is 13.9. The molecular weight excluding hydrogens is 338 g/mol. The van der Waals surface area contributed by atoms with Gasteiger partial charge in [0.15, 0.2) is 23.9 Å². The first-order chi connectivity index (χ1) is 12.5. The highest BCUT2D eigenvalue weighted by atomic mass is 16.5. The zero-order chi connectivity index (χ0) is 18.7. The minimum atomic E-state index is -0.590. The Morgan fingerprint density at radius 3 is 2.69 bits per heavy atom. The van der Waals surface area contributed by atoms with Crippen LogP contribution in [0, 0.1) is 0 Å². The summed E-state index contributed by atoms with van der Waals surface area (Å²) < 4.78 is 21.5. The minimum Gasteiger partial charge on any atom is -0.493 e. The molecule has 1 amide bonds. The number of Topliss-reactive ketones (excluding diaryl/α,β-unsaturated/α-hetero) is 1. The number of rotatable bonds is 6. The van der Waals surface area contributed by atoms with Crippen molar-refractivity contribution in [2.45, 2.75) is 0 Å². The zero-order valence-electron chi connectivity index (χ0n) is 14.3. The maximum atomic E-state index is 12.6. The molecule has 26 heavy (non-hydrogen) atoms. The van der Waals surface area contributed by atoms with Gasteiger partial charge in [0.2, 0.25) is 5.78 Å². The number of ketones is 1. The molecule has 0 radical (unpaired) electrons. The Bertz CT molecular complexity index is 903. The topological polar surface area (TPSA) is 97.1 Å². The van der Waals surface area contributed by atoms with E-state index in [-0.39, 0.29) is 18.1 Å². The van der Waals surface area contributed by atoms with Crippen molar-refractivity contribution in [2.24, 2.45) is 5.73 Å². The van der Waals surface area contributed by atoms with Gasteiger partial charge in [-0.25, -0.2) is 0 Å². The molecule has 0 saturated heterocycles. The molecule has 3 rings (SSSR count). The second kappa shape index (κ2) is 7.18. The number of carbonyl (C=O) groups is 2. The predicted octanol–water partition coefficient (Wildman–Crippen LogP) is 2.18. The van der Waals surface area contributed by atoms with Gasteiger partial charge >= 0.3 is 0 Å². The molecule has 0 fully saturated rings. The highest BCUT2D eigenvalue weighted by Crippen LogP contribution is 2.37. The Morgan fingerprint density at radius 2 is 2.00 bits per heavy atom. The second-order valence-electron chi connectivity index (χ2n) is 5.44. The Hall–Kier alpha value is -3.48. The first kappa shape index (κ1) is 17.3. The number of ether oxygens (including phenoxy) is 4. The number of primary amides is 1. The molecule has 7 nitrogen and oxygen atoms in total. The van der Waals surface area contributed by atoms with Crippen molar-refractivity contribution in [1.29, 1.82) is 0 Å². The third-order valence-electron chi connectivity index (χ3n) is 3.74. The fraction of sp³-hybridized carbons (Fsp3) is 0.158. The smallest absolute Gasteiger partial charge is 0.255 e. The number of allylic oxidation sites excluding steroid dienone is 1. The number of methoxy groups -OCH3 is 2. The molecular formula is C19H17NO6. The molecule has 2 N–H and O–H groups in total. The van der Waals surface area contributed by atoms with Gasteiger partial charge in [0.25, 0.3) is 5.91 Å². The van der Waals surface area contributed by atoms with E-state index in [2.05, 4.69) is 0 Å². The summed E-state index contributed by atoms with van der Waals surface area (Å²) in [6, 6.07) is 10.0. The van der Waals surface area contributed by atoms with Crippen molar-refractivity contribution in [3.05, 3.63) is 53.3 Å². The van der Waals surface area contributed by atoms with E-state index in [0.717, 1.165) is 0 Å². The molecule has 0 unspecified atom stereocenters. The van der Waals surface area contributed by atoms with Gasteiger partial charge in [0.1, 0.15) is 11.5 Å². The molecule has 0 atom stereocenters. The Morgan fingerprint density at radius 1 is 1.19 bits per heavy atom. The van der Waals surface area contributed by atoms with Gasteiger partial charge in [-0.3, -0.25) is 9.59 Å². The average Bonchev–Trinajstić information content (AvgIpc) is 2.94. The number of para-hydroxylation sites is 1. The van der Waals surface area contributed by atoms with Crippen LogP contribution in [0.15, 0.2) is 42.2 Å². The summed E-state index contributed by atoms with van der Waals surface area (Å²) in [7, 11) is 3.06. The lowest BCUT2D eigenvalue weighted by atomic mass is 10.1. The number of hydrogen-bond donors (Lipinski definition) is 1. The SMILES string of the molecule is COc1cccc(/C=C2\Oc3cc(OCC(N)=O)ccc3C2=O)c1OC. The Labute approximate surface area is 149 Å². The van der Waals surface area contributed by atoms with E-state index < -0.39 is 5.91 Å². The molecule has 134 valence electrons. The largest absolute Gasteiger partial charge is 0.493 e. The molecule has 0 aliphatic carbocycles. The van der Waals surface area contributed by atoms with E-state index in [9.17, 15) is 9.59 Å². The first-order valence-electron chi connectivity index (χ1n) is 7.74. The van der Waals surface area contributed by atoms with Crippen molar-refractivity contribution in [1.82, 2.24) is 0 Å². The molecule has 1 heterocycles. The molecule has 0 aromatic heterocycles. The zero-order valence-corrected chi connectivity index (χ0v) is 14.3. The van der Waals surface area contributed by atoms with Gasteiger partial charge in [0.05, 0.1) is 19.8 Å². The summed E-state index contributed by atoms with van der Waals surface area (Å²) in [6.07, 6.45) is 1.59. The molecule has 2 aromatic carbocycles. The molecule has 1 aliphatic rings. The van der Waals surface area contributed by atoms with Crippen molar-refractivity contribution in [2.75, 3.05) is 20.8 Å². The van der Waals surface area contributed by atoms with Crippen LogP contribution in [-0.4, -0.2) is 32.5 Å². The summed E-state index contributed by atoms with van der Waals surface area (Å²) in [4.78, 5) is 23.4. The van der Waals surface area contributed by atoms with E-state index in [4.69, 9.17) is 24.7 Å². The Balaban J connectivity index is 1.90. The number of nitrogens with two attached hydrogens (primary N) is 1. The van der Waals surface area contributed by atoms with Gasteiger partial charge in [0, 0.05) is 11.6 Å². The number of hydrogen-bond acceptors (Lipinski definition) is 6. The van der Waals surface area contributed by atoms with Crippen LogP contribution in [0.3, 0.4) is 0 Å². The van der Waals surface area contributed by atoms with E-state index in [1.165, 1.54) is 14.2 Å². The predicted molar refractivity (Wildman–Crippen MR) is 93.6 cm³/mol. The lowest BCUT2D eigenvalue weighted by molar-refractivity contribution is -0.119. The van der Waals surface area contributed by atoms with Gasteiger partial charge < -0.3 is 24.7 Å². The van der Waals surface area contributed by atoms with Crippen LogP contribution in [0.1, 0.15) is 15.9 Å². The molecule has 0 spiro atoms. The van der Waals surface area contributed by atoms with Crippen molar-refractivity contribution < 1.29 is 28.5 Å². The Kier molecular flexibility index (Phi) is 4.79. The lowest BCUT2D eigenvalue weighted by Crippen LogP contribution is -2.19. The second-order valence-corrected chi connectivity index (χ2v) is 5.44. The van der Waals surface area contributed by atoms with E-state index in [1.54, 1.807) is 42.5 Å². The van der Waals surface area contributed by atoms with Crippen molar-refractivity contribution >= 4 is 17.8 Å². The van der Waals surface area contributed by atoms with E-state index >= 15 is 0 Å². The third kappa shape index (κ3) is 3.32. The third-order valence-corrected chi connectivity index (χ3v) is 3.74. The van der Waals surface area contributed by atoms with Crippen LogP contribution < -0.4 is 24.7 Å². The van der Waals surface area contributed by atoms with Gasteiger partial charge in [-0.05, 0) is 24.3 Å². The van der Waals surface area contributed by atoms with Crippen LogP contribution in [-0.2, 0) is 4.79 Å². The monoisotopic (exact) mass is 355 g/mol. The standard InChI is InChI=1S/C19H17NO6/c1-23-14-5-3-4-11(19(14)24-2)8-16-18(22)13-7-6-12(9-15(13)26-16)25-10-17(20)21/h3-9H,10H2,1-2H3,(H2,20,21)/b16-8-. The molecule has 0 bridgehead atoms. The average molecular weight is 355 g/mol. The molecule has 7 heteroatoms. The van der Waals surface area contributed by atoms with E-state index in [1.807, 2.05) is 0 Å². The van der Waals surface area contributed by atoms with Crippen LogP contribution in [0.5, 0.6) is 23.0 Å². The van der Waals surface area contributed by atoms with Crippen LogP contribution >= 0.6 is 0 Å². The maximum Gasteiger partial charge on any atom is 0.255 e. The maximum absolute atomic E-state index is 12.6. The number of carbonyl (C=O) groups excluding carboxylic acids is 2. The molecule has 1 aliphatic heterocycles. The van der Waals surface area contributed by atoms with Gasteiger partial charge in [-0.15, -0.1) is 0 Å². The fourth-order valence-corrected chi connectivity index (χ4v) is 2.58. The van der Waals surface area contributed by atoms with Crippen LogP contribution in [0.4, 0.5) is 0 Å². The highest BCUT2D eigenvalue weighted by molar-refractivity contribution is 6.14. The summed E-state index contributed by atoms with van der Waals surface area (Å²) in [6.45, 7) is -0.254. The van der Waals surface area contributed by atoms with Crippen LogP contribution in [0.2, 0.25) is 0 Å². The summed E-state index contributed by atoms with van der Waals surface area (Å²) in [5.74, 6) is 1.09. The van der Waals surface area contributed by atoms with E-state index in [0.29, 0.717) is 34.1 Å². The summed E-state index contributed by atoms with van der Waals surface area (Å²) in [5, 5.41) is 0. The summed E-state index contributed by atoms with van der Waals surface area (Å²) in [5.41, 5.74) is 6.11. The number of benzene rings is 2. The number of fused-ring (bicyclic) bond motifs is 1. The van der Waals surface area contributed by atoms with Crippen molar-refractivity contribution in [3.63, 3.8) is 0 Å². The quantitative estimate of drug-likeness (QED) is 0.798. The first-order valence-corrected chi connectivity index (χ1v) is 7.74. The fourth-order valence-electron chi connectivity index (χ4n) is 2.58. The lowest BCUT2D eigenvalue weighted by Gasteiger charge is -2.10. The highest BCUT2D eigenvalue weighted by Gasteiger charge is 2.28. The van der Waals surface area contributed by atoms with Crippen LogP contribution in [0.25, 0.3) is 6.08 Å². The van der Waals surface area contributed by atoms with Gasteiger partial charge in [-0.1, -0.05) is 12.1 Å². The molecule has 0 saturated carbocycles. The van der Waals surface area contributed by atoms with Gasteiger partial charge in [-0.2, -0.15) is 0 Å². The minimum absolute atomic E-state index is 0.151. The molecule has 2 aromatic rings. The summed E-state index contributed by atoms with van der Waals surface area (Å²) >= 11 is 0. The number of amides is 1.